The highest BCUT2D eigenvalue weighted by Gasteiger charge is 2.27. The molecule has 0 bridgehead atoms. The van der Waals surface area contributed by atoms with Crippen molar-refractivity contribution < 1.29 is 27.4 Å². The van der Waals surface area contributed by atoms with E-state index < -0.39 is 22.0 Å². The number of amides is 1. The van der Waals surface area contributed by atoms with Gasteiger partial charge in [0, 0.05) is 6.07 Å². The molecule has 3 rings (SSSR count). The third kappa shape index (κ3) is 6.27. The molecule has 0 fully saturated rings. The Kier molecular flexibility index (Phi) is 8.50. The Morgan fingerprint density at radius 1 is 0.882 bits per heavy atom. The van der Waals surface area contributed by atoms with Crippen LogP contribution in [0.4, 0.5) is 5.69 Å². The quantitative estimate of drug-likeness (QED) is 0.431. The maximum absolute atomic E-state index is 13.3. The second-order valence-electron chi connectivity index (χ2n) is 7.30. The minimum atomic E-state index is -4.07. The smallest absolute Gasteiger partial charge is 0.243 e. The Morgan fingerprint density at radius 2 is 1.56 bits per heavy atom. The lowest BCUT2D eigenvalue weighted by molar-refractivity contribution is -0.117. The lowest BCUT2D eigenvalue weighted by Crippen LogP contribution is -2.45. The summed E-state index contributed by atoms with van der Waals surface area (Å²) in [7, 11) is -1.19. The molecule has 0 aliphatic carbocycles. The summed E-state index contributed by atoms with van der Waals surface area (Å²) in [4.78, 5) is 13.2. The van der Waals surface area contributed by atoms with Crippen molar-refractivity contribution in [3.05, 3.63) is 78.4 Å². The van der Waals surface area contributed by atoms with E-state index in [2.05, 4.69) is 10.0 Å². The van der Waals surface area contributed by atoms with Crippen LogP contribution in [0.25, 0.3) is 0 Å². The fourth-order valence-corrected chi connectivity index (χ4v) is 4.56. The fraction of sp³-hybridized carbons (Fsp3) is 0.240. The van der Waals surface area contributed by atoms with Gasteiger partial charge in [0.15, 0.2) is 11.5 Å². The van der Waals surface area contributed by atoms with Gasteiger partial charge < -0.3 is 19.5 Å². The van der Waals surface area contributed by atoms with Crippen molar-refractivity contribution in [3.8, 4) is 17.2 Å². The van der Waals surface area contributed by atoms with E-state index in [0.29, 0.717) is 23.8 Å². The molecule has 0 radical (unpaired) electrons. The highest BCUT2D eigenvalue weighted by molar-refractivity contribution is 7.89. The first-order valence-electron chi connectivity index (χ1n) is 10.7. The molecule has 9 heteroatoms. The van der Waals surface area contributed by atoms with Gasteiger partial charge in [0.25, 0.3) is 0 Å². The Balaban J connectivity index is 1.91. The molecule has 3 aromatic carbocycles. The maximum atomic E-state index is 13.3. The van der Waals surface area contributed by atoms with E-state index in [4.69, 9.17) is 14.2 Å². The lowest BCUT2D eigenvalue weighted by atomic mass is 10.1. The van der Waals surface area contributed by atoms with Gasteiger partial charge in [-0.05, 0) is 43.2 Å². The highest BCUT2D eigenvalue weighted by atomic mass is 32.2. The van der Waals surface area contributed by atoms with Crippen molar-refractivity contribution in [1.29, 1.82) is 0 Å². The van der Waals surface area contributed by atoms with Gasteiger partial charge in [0.2, 0.25) is 15.9 Å². The Bertz CT molecular complexity index is 1220. The molecular formula is C25H28N2O6S. The summed E-state index contributed by atoms with van der Waals surface area (Å²) >= 11 is 0. The van der Waals surface area contributed by atoms with Crippen LogP contribution >= 0.6 is 0 Å². The summed E-state index contributed by atoms with van der Waals surface area (Å²) in [5, 5.41) is 2.79. The van der Waals surface area contributed by atoms with Gasteiger partial charge in [-0.3, -0.25) is 4.79 Å². The summed E-state index contributed by atoms with van der Waals surface area (Å²) in [6.45, 7) is 2.26. The summed E-state index contributed by atoms with van der Waals surface area (Å²) in [5.41, 5.74) is 1.26. The molecule has 8 nitrogen and oxygen atoms in total. The second-order valence-corrected chi connectivity index (χ2v) is 9.01. The van der Waals surface area contributed by atoms with E-state index in [-0.39, 0.29) is 17.1 Å². The number of hydrogen-bond acceptors (Lipinski definition) is 6. The van der Waals surface area contributed by atoms with Crippen LogP contribution in [0.2, 0.25) is 0 Å². The monoisotopic (exact) mass is 484 g/mol. The maximum Gasteiger partial charge on any atom is 0.243 e. The second kappa shape index (κ2) is 11.5. The molecule has 3 aromatic rings. The first-order valence-corrected chi connectivity index (χ1v) is 12.2. The van der Waals surface area contributed by atoms with E-state index >= 15 is 0 Å². The zero-order chi connectivity index (χ0) is 24.6. The summed E-state index contributed by atoms with van der Waals surface area (Å²) in [5.74, 6) is 0.646. The number of benzene rings is 3. The van der Waals surface area contributed by atoms with Gasteiger partial charge in [-0.2, -0.15) is 4.72 Å². The third-order valence-electron chi connectivity index (χ3n) is 5.01. The third-order valence-corrected chi connectivity index (χ3v) is 6.48. The summed E-state index contributed by atoms with van der Waals surface area (Å²) < 4.78 is 45.0. The van der Waals surface area contributed by atoms with E-state index in [1.54, 1.807) is 24.3 Å². The SMILES string of the molecule is CCOc1ccccc1NC(=O)[C@H](Cc1ccccc1)NS(=O)(=O)c1ccc(OC)c(OC)c1. The molecule has 0 aromatic heterocycles. The molecule has 0 spiro atoms. The van der Waals surface area contributed by atoms with Crippen LogP contribution < -0.4 is 24.2 Å². The average Bonchev–Trinajstić information content (AvgIpc) is 2.85. The van der Waals surface area contributed by atoms with Crippen LogP contribution in [-0.2, 0) is 21.2 Å². The van der Waals surface area contributed by atoms with Crippen LogP contribution in [0.15, 0.2) is 77.7 Å². The molecule has 0 heterocycles. The number of nitrogens with one attached hydrogen (secondary N) is 2. The van der Waals surface area contributed by atoms with Gasteiger partial charge in [0.05, 0.1) is 31.4 Å². The minimum absolute atomic E-state index is 0.0503. The van der Waals surface area contributed by atoms with Crippen LogP contribution in [0.5, 0.6) is 17.2 Å². The molecule has 180 valence electrons. The molecule has 0 unspecified atom stereocenters. The van der Waals surface area contributed by atoms with Crippen molar-refractivity contribution in [2.45, 2.75) is 24.3 Å². The number of ether oxygens (including phenoxy) is 3. The van der Waals surface area contributed by atoms with Crippen LogP contribution in [0, 0.1) is 0 Å². The molecule has 2 N–H and O–H groups in total. The number of sulfonamides is 1. The highest BCUT2D eigenvalue weighted by Crippen LogP contribution is 2.29. The first-order chi connectivity index (χ1) is 16.4. The molecule has 0 saturated heterocycles. The lowest BCUT2D eigenvalue weighted by Gasteiger charge is -2.20. The topological polar surface area (TPSA) is 103 Å². The van der Waals surface area contributed by atoms with Crippen LogP contribution in [0.1, 0.15) is 12.5 Å². The van der Waals surface area contributed by atoms with Gasteiger partial charge in [0.1, 0.15) is 11.8 Å². The van der Waals surface area contributed by atoms with Crippen LogP contribution in [0.3, 0.4) is 0 Å². The predicted molar refractivity (Wildman–Crippen MR) is 130 cm³/mol. The summed E-state index contributed by atoms with van der Waals surface area (Å²) in [6, 6.07) is 19.3. The molecular weight excluding hydrogens is 456 g/mol. The number of para-hydroxylation sites is 2. The number of rotatable bonds is 11. The van der Waals surface area contributed by atoms with Gasteiger partial charge in [-0.15, -0.1) is 0 Å². The number of methoxy groups -OCH3 is 2. The Labute approximate surface area is 199 Å². The summed E-state index contributed by atoms with van der Waals surface area (Å²) in [6.07, 6.45) is 0.149. The largest absolute Gasteiger partial charge is 0.493 e. The van der Waals surface area contributed by atoms with Crippen molar-refractivity contribution in [2.24, 2.45) is 0 Å². The average molecular weight is 485 g/mol. The van der Waals surface area contributed by atoms with Gasteiger partial charge in [-0.1, -0.05) is 42.5 Å². The number of carbonyl (C=O) groups excluding carboxylic acids is 1. The first kappa shape index (κ1) is 25.1. The van der Waals surface area contributed by atoms with Crippen LogP contribution in [-0.4, -0.2) is 41.2 Å². The van der Waals surface area contributed by atoms with Crippen molar-refractivity contribution in [1.82, 2.24) is 4.72 Å². The van der Waals surface area contributed by atoms with Gasteiger partial charge in [-0.25, -0.2) is 8.42 Å². The van der Waals surface area contributed by atoms with Crippen molar-refractivity contribution in [2.75, 3.05) is 26.1 Å². The zero-order valence-corrected chi connectivity index (χ0v) is 20.1. The molecule has 1 atom stereocenters. The minimum Gasteiger partial charge on any atom is -0.493 e. The van der Waals surface area contributed by atoms with Crippen molar-refractivity contribution in [3.63, 3.8) is 0 Å². The molecule has 0 saturated carbocycles. The van der Waals surface area contributed by atoms with Gasteiger partial charge >= 0.3 is 0 Å². The van der Waals surface area contributed by atoms with E-state index in [1.165, 1.54) is 32.4 Å². The Hall–Kier alpha value is -3.56. The number of carbonyl (C=O) groups is 1. The van der Waals surface area contributed by atoms with Crippen molar-refractivity contribution >= 4 is 21.6 Å². The number of hydrogen-bond donors (Lipinski definition) is 2. The normalized spacial score (nSPS) is 12.0. The molecule has 0 aliphatic heterocycles. The van der Waals surface area contributed by atoms with E-state index in [0.717, 1.165) is 5.56 Å². The molecule has 34 heavy (non-hydrogen) atoms. The predicted octanol–water partition coefficient (Wildman–Crippen LogP) is 3.63. The molecule has 0 aliphatic rings. The van der Waals surface area contributed by atoms with E-state index in [1.807, 2.05) is 37.3 Å². The number of anilines is 1. The van der Waals surface area contributed by atoms with E-state index in [9.17, 15) is 13.2 Å². The standard InChI is InChI=1S/C25H28N2O6S/c1-4-33-22-13-9-8-12-20(22)26-25(28)21(16-18-10-6-5-7-11-18)27-34(29,30)19-14-15-23(31-2)24(17-19)32-3/h5-15,17,21,27H,4,16H2,1-3H3,(H,26,28)/t21-/m0/s1. The zero-order valence-electron chi connectivity index (χ0n) is 19.3. The molecule has 1 amide bonds. The fourth-order valence-electron chi connectivity index (χ4n) is 3.35. The Morgan fingerprint density at radius 3 is 2.24 bits per heavy atom.